The molecule has 0 aliphatic carbocycles. The summed E-state index contributed by atoms with van der Waals surface area (Å²) in [7, 11) is 4.54. The Balaban J connectivity index is 1.96. The molecule has 0 aromatic heterocycles. The van der Waals surface area contributed by atoms with E-state index in [1.807, 2.05) is 19.9 Å². The summed E-state index contributed by atoms with van der Waals surface area (Å²) in [6.07, 6.45) is 1.28. The fraction of sp³-hybridized carbons (Fsp3) is 0.290. The highest BCUT2D eigenvalue weighted by atomic mass is 16.5. The number of aliphatic hydroxyl groups excluding tert-OH is 1. The molecule has 40 heavy (non-hydrogen) atoms. The van der Waals surface area contributed by atoms with Crippen LogP contribution in [-0.4, -0.2) is 56.2 Å². The number of Topliss-reactive ketones (excluding diaryl/α,β-unsaturated/α-hetero) is 1. The van der Waals surface area contributed by atoms with Crippen LogP contribution in [0, 0.1) is 0 Å². The van der Waals surface area contributed by atoms with E-state index in [4.69, 9.17) is 23.7 Å². The van der Waals surface area contributed by atoms with Crippen LogP contribution in [0.2, 0.25) is 0 Å². The Labute approximate surface area is 233 Å². The van der Waals surface area contributed by atoms with E-state index in [-0.39, 0.29) is 12.1 Å². The Morgan fingerprint density at radius 3 is 2.25 bits per heavy atom. The van der Waals surface area contributed by atoms with Crippen molar-refractivity contribution in [1.82, 2.24) is 4.90 Å². The third kappa shape index (κ3) is 5.14. The third-order valence-electron chi connectivity index (χ3n) is 6.69. The summed E-state index contributed by atoms with van der Waals surface area (Å²) >= 11 is 0. The molecule has 3 aromatic rings. The van der Waals surface area contributed by atoms with E-state index in [9.17, 15) is 14.7 Å². The second-order valence-electron chi connectivity index (χ2n) is 8.96. The highest BCUT2D eigenvalue weighted by Gasteiger charge is 2.53. The second kappa shape index (κ2) is 12.0. The number of carbonyl (C=O) groups is 2. The third-order valence-corrected chi connectivity index (χ3v) is 6.69. The molecule has 1 heterocycles. The number of rotatable bonds is 12. The Morgan fingerprint density at radius 1 is 0.825 bits per heavy atom. The van der Waals surface area contributed by atoms with Crippen LogP contribution >= 0.6 is 0 Å². The molecule has 1 aliphatic rings. The lowest BCUT2D eigenvalue weighted by atomic mass is 9.81. The van der Waals surface area contributed by atoms with Gasteiger partial charge in [0.2, 0.25) is 5.78 Å². The summed E-state index contributed by atoms with van der Waals surface area (Å²) < 4.78 is 27.8. The number of hydrogen-bond donors (Lipinski definition) is 1. The van der Waals surface area contributed by atoms with Crippen molar-refractivity contribution in [3.63, 3.8) is 0 Å². The standard InChI is InChI=1S/C31H33NO8/c1-6-39-23-12-13-24(27(17-23)40-7-2)29(34)31(21-11-14-26(37-4)28(16-21)38-5)18-25(33)30(35)32(31)19-20-9-8-10-22(15-20)36-3/h8-18,33H,6-7,19H2,1-5H3. The molecule has 1 aliphatic heterocycles. The van der Waals surface area contributed by atoms with Crippen LogP contribution in [0.4, 0.5) is 0 Å². The minimum absolute atomic E-state index is 0.00231. The zero-order valence-electron chi connectivity index (χ0n) is 23.2. The van der Waals surface area contributed by atoms with Gasteiger partial charge in [0.05, 0.1) is 40.1 Å². The summed E-state index contributed by atoms with van der Waals surface area (Å²) in [5.74, 6) is 0.508. The zero-order valence-corrected chi connectivity index (χ0v) is 23.2. The Hall–Kier alpha value is -4.66. The minimum Gasteiger partial charge on any atom is -0.503 e. The summed E-state index contributed by atoms with van der Waals surface area (Å²) in [6, 6.07) is 17.1. The first kappa shape index (κ1) is 28.4. The van der Waals surface area contributed by atoms with Gasteiger partial charge in [0.1, 0.15) is 17.2 Å². The van der Waals surface area contributed by atoms with E-state index in [1.54, 1.807) is 61.7 Å². The van der Waals surface area contributed by atoms with E-state index in [1.165, 1.54) is 25.2 Å². The Bertz CT molecular complexity index is 1430. The maximum Gasteiger partial charge on any atom is 0.290 e. The predicted octanol–water partition coefficient (Wildman–Crippen LogP) is 5.07. The average molecular weight is 548 g/mol. The van der Waals surface area contributed by atoms with Crippen molar-refractivity contribution in [2.75, 3.05) is 34.5 Å². The van der Waals surface area contributed by atoms with Gasteiger partial charge in [-0.25, -0.2) is 0 Å². The fourth-order valence-electron chi connectivity index (χ4n) is 4.84. The van der Waals surface area contributed by atoms with E-state index >= 15 is 0 Å². The van der Waals surface area contributed by atoms with Crippen molar-refractivity contribution in [2.24, 2.45) is 0 Å². The molecular weight excluding hydrogens is 514 g/mol. The summed E-state index contributed by atoms with van der Waals surface area (Å²) in [5, 5.41) is 10.8. The first-order valence-corrected chi connectivity index (χ1v) is 12.9. The fourth-order valence-corrected chi connectivity index (χ4v) is 4.84. The highest BCUT2D eigenvalue weighted by molar-refractivity contribution is 6.13. The smallest absolute Gasteiger partial charge is 0.290 e. The maximum atomic E-state index is 14.7. The van der Waals surface area contributed by atoms with Crippen molar-refractivity contribution >= 4 is 11.7 Å². The first-order valence-electron chi connectivity index (χ1n) is 12.9. The molecule has 3 aromatic carbocycles. The van der Waals surface area contributed by atoms with Gasteiger partial charge in [-0.2, -0.15) is 0 Å². The predicted molar refractivity (Wildman–Crippen MR) is 149 cm³/mol. The van der Waals surface area contributed by atoms with Gasteiger partial charge in [-0.15, -0.1) is 0 Å². The largest absolute Gasteiger partial charge is 0.503 e. The maximum absolute atomic E-state index is 14.7. The minimum atomic E-state index is -1.75. The molecule has 0 saturated heterocycles. The molecular formula is C31H33NO8. The van der Waals surface area contributed by atoms with Gasteiger partial charge in [-0.1, -0.05) is 18.2 Å². The number of aliphatic hydroxyl groups is 1. The summed E-state index contributed by atoms with van der Waals surface area (Å²) in [4.78, 5) is 29.6. The Kier molecular flexibility index (Phi) is 8.52. The van der Waals surface area contributed by atoms with Crippen LogP contribution in [0.1, 0.15) is 35.3 Å². The van der Waals surface area contributed by atoms with Gasteiger partial charge in [-0.05, 0) is 61.4 Å². The number of benzene rings is 3. The molecule has 0 saturated carbocycles. The summed E-state index contributed by atoms with van der Waals surface area (Å²) in [6.45, 7) is 4.41. The molecule has 0 bridgehead atoms. The number of amides is 1. The molecule has 9 nitrogen and oxygen atoms in total. The molecule has 210 valence electrons. The molecule has 1 atom stereocenters. The van der Waals surface area contributed by atoms with Crippen LogP contribution in [0.25, 0.3) is 0 Å². The van der Waals surface area contributed by atoms with E-state index < -0.39 is 23.0 Å². The molecule has 1 N–H and O–H groups in total. The number of methoxy groups -OCH3 is 3. The normalized spacial score (nSPS) is 16.4. The number of hydrogen-bond acceptors (Lipinski definition) is 8. The lowest BCUT2D eigenvalue weighted by Gasteiger charge is -2.37. The van der Waals surface area contributed by atoms with Crippen molar-refractivity contribution in [3.05, 3.63) is 89.2 Å². The Morgan fingerprint density at radius 2 is 1.57 bits per heavy atom. The highest BCUT2D eigenvalue weighted by Crippen LogP contribution is 2.45. The van der Waals surface area contributed by atoms with Gasteiger partial charge >= 0.3 is 0 Å². The summed E-state index contributed by atoms with van der Waals surface area (Å²) in [5.41, 5.74) is -0.436. The average Bonchev–Trinajstić information content (AvgIpc) is 3.22. The van der Waals surface area contributed by atoms with Crippen LogP contribution in [0.15, 0.2) is 72.5 Å². The molecule has 4 rings (SSSR count). The molecule has 0 spiro atoms. The number of ether oxygens (including phenoxy) is 5. The monoisotopic (exact) mass is 547 g/mol. The van der Waals surface area contributed by atoms with Crippen LogP contribution < -0.4 is 23.7 Å². The first-order chi connectivity index (χ1) is 19.3. The van der Waals surface area contributed by atoms with E-state index in [0.717, 1.165) is 0 Å². The van der Waals surface area contributed by atoms with Crippen LogP contribution in [0.3, 0.4) is 0 Å². The number of ketones is 1. The van der Waals surface area contributed by atoms with Crippen LogP contribution in [-0.2, 0) is 16.9 Å². The van der Waals surface area contributed by atoms with Gasteiger partial charge < -0.3 is 33.7 Å². The molecule has 9 heteroatoms. The van der Waals surface area contributed by atoms with E-state index in [2.05, 4.69) is 0 Å². The SMILES string of the molecule is CCOc1ccc(C(=O)C2(c3ccc(OC)c(OC)c3)C=C(O)C(=O)N2Cc2cccc(OC)c2)c(OCC)c1. The molecule has 0 fully saturated rings. The quantitative estimate of drug-likeness (QED) is 0.314. The van der Waals surface area contributed by atoms with E-state index in [0.29, 0.717) is 53.1 Å². The van der Waals surface area contributed by atoms with Crippen LogP contribution in [0.5, 0.6) is 28.7 Å². The molecule has 1 amide bonds. The zero-order chi connectivity index (χ0) is 28.9. The van der Waals surface area contributed by atoms with Gasteiger partial charge in [0, 0.05) is 18.7 Å². The molecule has 1 unspecified atom stereocenters. The van der Waals surface area contributed by atoms with Crippen molar-refractivity contribution in [1.29, 1.82) is 0 Å². The molecule has 0 radical (unpaired) electrons. The van der Waals surface area contributed by atoms with Gasteiger partial charge in [0.25, 0.3) is 5.91 Å². The lowest BCUT2D eigenvalue weighted by Crippen LogP contribution is -2.49. The van der Waals surface area contributed by atoms with Crippen molar-refractivity contribution in [2.45, 2.75) is 25.9 Å². The van der Waals surface area contributed by atoms with Crippen molar-refractivity contribution < 1.29 is 38.4 Å². The number of nitrogens with zero attached hydrogens (tertiary/aromatic N) is 1. The lowest BCUT2D eigenvalue weighted by molar-refractivity contribution is -0.131. The topological polar surface area (TPSA) is 104 Å². The van der Waals surface area contributed by atoms with Crippen molar-refractivity contribution in [3.8, 4) is 28.7 Å². The van der Waals surface area contributed by atoms with Gasteiger partial charge in [0.15, 0.2) is 22.8 Å². The van der Waals surface area contributed by atoms with Gasteiger partial charge in [-0.3, -0.25) is 9.59 Å². The second-order valence-corrected chi connectivity index (χ2v) is 8.96. The number of carbonyl (C=O) groups excluding carboxylic acids is 2.